The van der Waals surface area contributed by atoms with Gasteiger partial charge in [-0.25, -0.2) is 0 Å². The topological polar surface area (TPSA) is 86.9 Å². The van der Waals surface area contributed by atoms with Gasteiger partial charge in [-0.3, -0.25) is 14.7 Å². The Kier molecular flexibility index (Phi) is 2.91. The van der Waals surface area contributed by atoms with E-state index in [1.54, 1.807) is 6.20 Å². The molecule has 19 heavy (non-hydrogen) atoms. The Labute approximate surface area is 109 Å². The summed E-state index contributed by atoms with van der Waals surface area (Å²) in [4.78, 5) is 23.3. The van der Waals surface area contributed by atoms with E-state index < -0.39 is 0 Å². The van der Waals surface area contributed by atoms with Gasteiger partial charge in [0.2, 0.25) is 11.8 Å². The van der Waals surface area contributed by atoms with Crippen molar-refractivity contribution in [3.05, 3.63) is 24.4 Å². The summed E-state index contributed by atoms with van der Waals surface area (Å²) in [6.45, 7) is 0.566. The van der Waals surface area contributed by atoms with E-state index in [4.69, 9.17) is 0 Å². The Bertz CT molecular complexity index is 634. The lowest BCUT2D eigenvalue weighted by atomic mass is 9.96. The van der Waals surface area contributed by atoms with E-state index in [9.17, 15) is 9.59 Å². The van der Waals surface area contributed by atoms with Crippen molar-refractivity contribution in [1.29, 1.82) is 0 Å². The first kappa shape index (κ1) is 11.7. The highest BCUT2D eigenvalue weighted by atomic mass is 16.2. The summed E-state index contributed by atoms with van der Waals surface area (Å²) in [6, 6.07) is 5.56. The van der Waals surface area contributed by atoms with Crippen LogP contribution < -0.4 is 10.6 Å². The number of anilines is 1. The molecule has 6 nitrogen and oxygen atoms in total. The molecule has 1 aromatic heterocycles. The van der Waals surface area contributed by atoms with Crippen molar-refractivity contribution in [2.75, 3.05) is 11.9 Å². The highest BCUT2D eigenvalue weighted by Gasteiger charge is 2.25. The predicted octanol–water partition coefficient (Wildman–Crippen LogP) is 1.03. The fourth-order valence-corrected chi connectivity index (χ4v) is 2.27. The molecule has 1 aliphatic rings. The van der Waals surface area contributed by atoms with Gasteiger partial charge in [-0.2, -0.15) is 5.10 Å². The fraction of sp³-hybridized carbons (Fsp3) is 0.308. The minimum absolute atomic E-state index is 0.0598. The van der Waals surface area contributed by atoms with Gasteiger partial charge in [-0.1, -0.05) is 0 Å². The monoisotopic (exact) mass is 258 g/mol. The molecule has 6 heteroatoms. The van der Waals surface area contributed by atoms with Crippen LogP contribution in [0, 0.1) is 5.92 Å². The summed E-state index contributed by atoms with van der Waals surface area (Å²) in [5.74, 6) is -0.407. The minimum Gasteiger partial charge on any atom is -0.356 e. The molecule has 2 heterocycles. The summed E-state index contributed by atoms with van der Waals surface area (Å²) in [6.07, 6.45) is 2.68. The van der Waals surface area contributed by atoms with E-state index in [0.717, 1.165) is 10.9 Å². The molecular formula is C13H14N4O2. The van der Waals surface area contributed by atoms with Crippen molar-refractivity contribution < 1.29 is 9.59 Å². The maximum absolute atomic E-state index is 12.1. The van der Waals surface area contributed by atoms with Gasteiger partial charge in [0.05, 0.1) is 11.7 Å². The second-order valence-corrected chi connectivity index (χ2v) is 4.70. The second kappa shape index (κ2) is 4.72. The van der Waals surface area contributed by atoms with Gasteiger partial charge >= 0.3 is 0 Å². The van der Waals surface area contributed by atoms with Crippen molar-refractivity contribution in [3.63, 3.8) is 0 Å². The van der Waals surface area contributed by atoms with Crippen LogP contribution in [0.3, 0.4) is 0 Å². The van der Waals surface area contributed by atoms with Gasteiger partial charge in [-0.05, 0) is 24.6 Å². The molecule has 1 aromatic carbocycles. The molecular weight excluding hydrogens is 244 g/mol. The number of aromatic amines is 1. The van der Waals surface area contributed by atoms with Crippen LogP contribution in [-0.4, -0.2) is 28.6 Å². The first-order valence-electron chi connectivity index (χ1n) is 6.23. The molecule has 0 saturated carbocycles. The van der Waals surface area contributed by atoms with Crippen LogP contribution in [0.2, 0.25) is 0 Å². The molecule has 98 valence electrons. The summed E-state index contributed by atoms with van der Waals surface area (Å²) in [7, 11) is 0. The first-order valence-corrected chi connectivity index (χ1v) is 6.23. The molecule has 0 spiro atoms. The van der Waals surface area contributed by atoms with Gasteiger partial charge in [0.1, 0.15) is 0 Å². The maximum atomic E-state index is 12.1. The molecule has 2 aromatic rings. The Hall–Kier alpha value is -2.37. The number of rotatable bonds is 2. The van der Waals surface area contributed by atoms with Crippen LogP contribution in [-0.2, 0) is 9.59 Å². The van der Waals surface area contributed by atoms with Crippen LogP contribution in [0.25, 0.3) is 10.9 Å². The van der Waals surface area contributed by atoms with Gasteiger partial charge < -0.3 is 10.6 Å². The van der Waals surface area contributed by atoms with Gasteiger partial charge in [0.15, 0.2) is 0 Å². The number of hydrogen-bond donors (Lipinski definition) is 3. The van der Waals surface area contributed by atoms with Crippen LogP contribution in [0.15, 0.2) is 24.4 Å². The molecule has 0 aliphatic carbocycles. The molecule has 2 amide bonds. The highest BCUT2D eigenvalue weighted by Crippen LogP contribution is 2.19. The highest BCUT2D eigenvalue weighted by molar-refractivity contribution is 5.97. The largest absolute Gasteiger partial charge is 0.356 e. The molecule has 3 N–H and O–H groups in total. The smallest absolute Gasteiger partial charge is 0.228 e. The standard InChI is InChI=1S/C13H14N4O2/c18-12-5-8(3-4-14-12)13(19)16-10-2-1-9-7-15-17-11(9)6-10/h1-2,6-8H,3-5H2,(H,14,18)(H,15,17)(H,16,19). The third-order valence-corrected chi connectivity index (χ3v) is 3.33. The zero-order valence-corrected chi connectivity index (χ0v) is 10.3. The number of hydrogen-bond acceptors (Lipinski definition) is 3. The van der Waals surface area contributed by atoms with Gasteiger partial charge in [0, 0.05) is 30.0 Å². The van der Waals surface area contributed by atoms with Crippen LogP contribution >= 0.6 is 0 Å². The zero-order valence-electron chi connectivity index (χ0n) is 10.3. The van der Waals surface area contributed by atoms with Crippen molar-refractivity contribution in [2.24, 2.45) is 5.92 Å². The molecule has 1 atom stereocenters. The zero-order chi connectivity index (χ0) is 13.2. The Morgan fingerprint density at radius 3 is 3.16 bits per heavy atom. The predicted molar refractivity (Wildman–Crippen MR) is 70.5 cm³/mol. The number of fused-ring (bicyclic) bond motifs is 1. The van der Waals surface area contributed by atoms with E-state index in [1.807, 2.05) is 18.2 Å². The Morgan fingerprint density at radius 1 is 1.42 bits per heavy atom. The molecule has 3 rings (SSSR count). The summed E-state index contributed by atoms with van der Waals surface area (Å²) in [5, 5.41) is 13.3. The van der Waals surface area contributed by atoms with Gasteiger partial charge in [-0.15, -0.1) is 0 Å². The normalized spacial score (nSPS) is 19.2. The lowest BCUT2D eigenvalue weighted by molar-refractivity contribution is -0.129. The van der Waals surface area contributed by atoms with Crippen LogP contribution in [0.5, 0.6) is 0 Å². The van der Waals surface area contributed by atoms with E-state index in [2.05, 4.69) is 20.8 Å². The Morgan fingerprint density at radius 2 is 2.32 bits per heavy atom. The third-order valence-electron chi connectivity index (χ3n) is 3.33. The number of nitrogens with one attached hydrogen (secondary N) is 3. The quantitative estimate of drug-likeness (QED) is 0.751. The SMILES string of the molecule is O=C1CC(C(=O)Nc2ccc3cn[nH]c3c2)CCN1. The number of H-pyrrole nitrogens is 1. The minimum atomic E-state index is -0.244. The number of carbonyl (C=O) groups is 2. The maximum Gasteiger partial charge on any atom is 0.228 e. The number of carbonyl (C=O) groups excluding carboxylic acids is 2. The lowest BCUT2D eigenvalue weighted by Crippen LogP contribution is -2.38. The average molecular weight is 258 g/mol. The van der Waals surface area contributed by atoms with Crippen molar-refractivity contribution in [2.45, 2.75) is 12.8 Å². The number of amides is 2. The number of nitrogens with zero attached hydrogens (tertiary/aromatic N) is 1. The molecule has 1 saturated heterocycles. The lowest BCUT2D eigenvalue weighted by Gasteiger charge is -2.21. The van der Waals surface area contributed by atoms with Gasteiger partial charge in [0.25, 0.3) is 0 Å². The number of benzene rings is 1. The van der Waals surface area contributed by atoms with Crippen LogP contribution in [0.1, 0.15) is 12.8 Å². The molecule has 0 bridgehead atoms. The number of piperidine rings is 1. The second-order valence-electron chi connectivity index (χ2n) is 4.70. The average Bonchev–Trinajstić information content (AvgIpc) is 2.86. The van der Waals surface area contributed by atoms with E-state index in [-0.39, 0.29) is 24.2 Å². The van der Waals surface area contributed by atoms with E-state index >= 15 is 0 Å². The van der Waals surface area contributed by atoms with Crippen molar-refractivity contribution >= 4 is 28.4 Å². The third kappa shape index (κ3) is 2.42. The fourth-order valence-electron chi connectivity index (χ4n) is 2.27. The molecule has 1 fully saturated rings. The van der Waals surface area contributed by atoms with Crippen molar-refractivity contribution in [3.8, 4) is 0 Å². The molecule has 0 radical (unpaired) electrons. The van der Waals surface area contributed by atoms with Crippen LogP contribution in [0.4, 0.5) is 5.69 Å². The van der Waals surface area contributed by atoms with E-state index in [0.29, 0.717) is 18.7 Å². The number of aromatic nitrogens is 2. The molecule has 1 unspecified atom stereocenters. The summed E-state index contributed by atoms with van der Waals surface area (Å²) < 4.78 is 0. The summed E-state index contributed by atoms with van der Waals surface area (Å²) in [5.41, 5.74) is 1.59. The van der Waals surface area contributed by atoms with E-state index in [1.165, 1.54) is 0 Å². The van der Waals surface area contributed by atoms with Crippen molar-refractivity contribution in [1.82, 2.24) is 15.5 Å². The Balaban J connectivity index is 1.72. The molecule has 1 aliphatic heterocycles. The summed E-state index contributed by atoms with van der Waals surface area (Å²) >= 11 is 0. The first-order chi connectivity index (χ1) is 9.22.